The highest BCUT2D eigenvalue weighted by Crippen LogP contribution is 2.34. The van der Waals surface area contributed by atoms with E-state index in [1.807, 2.05) is 0 Å². The van der Waals surface area contributed by atoms with Crippen molar-refractivity contribution in [2.24, 2.45) is 11.8 Å². The molecule has 14 heavy (non-hydrogen) atoms. The van der Waals surface area contributed by atoms with E-state index in [0.717, 1.165) is 18.5 Å². The maximum absolute atomic E-state index is 10.8. The molecule has 2 heteroatoms. The Kier molecular flexibility index (Phi) is 5.99. The van der Waals surface area contributed by atoms with Crippen molar-refractivity contribution < 1.29 is 4.80 Å². The Morgan fingerprint density at radius 1 is 0.929 bits per heavy atom. The minimum absolute atomic E-state index is 0.548. The Labute approximate surface area is 91.1 Å². The second-order valence-corrected chi connectivity index (χ2v) is 9.62. The van der Waals surface area contributed by atoms with Crippen LogP contribution >= 0.6 is 0 Å². The molecule has 0 bridgehead atoms. The molecular weight excluding hydrogens is 188 g/mol. The lowest BCUT2D eigenvalue weighted by molar-refractivity contribution is 0.462. The van der Waals surface area contributed by atoms with Crippen LogP contribution in [0.2, 0.25) is 17.6 Å². The van der Waals surface area contributed by atoms with Gasteiger partial charge in [0.1, 0.15) is 0 Å². The van der Waals surface area contributed by atoms with Gasteiger partial charge in [-0.1, -0.05) is 48.0 Å². The molecule has 1 unspecified atom stereocenters. The van der Waals surface area contributed by atoms with Gasteiger partial charge in [-0.15, -0.1) is 0 Å². The fourth-order valence-electron chi connectivity index (χ4n) is 2.28. The lowest BCUT2D eigenvalue weighted by Crippen LogP contribution is -2.41. The molecule has 0 aromatic rings. The van der Waals surface area contributed by atoms with E-state index in [2.05, 4.69) is 41.5 Å². The van der Waals surface area contributed by atoms with Crippen molar-refractivity contribution in [3.8, 4) is 0 Å². The Morgan fingerprint density at radius 2 is 1.29 bits per heavy atom. The van der Waals surface area contributed by atoms with Gasteiger partial charge in [0.15, 0.2) is 8.32 Å². The van der Waals surface area contributed by atoms with Gasteiger partial charge in [0.25, 0.3) is 0 Å². The monoisotopic (exact) mass is 216 g/mol. The predicted octanol–water partition coefficient (Wildman–Crippen LogP) is 4.04. The summed E-state index contributed by atoms with van der Waals surface area (Å²) >= 11 is 0. The third-order valence-corrected chi connectivity index (χ3v) is 8.34. The van der Waals surface area contributed by atoms with E-state index in [1.165, 1.54) is 0 Å². The summed E-state index contributed by atoms with van der Waals surface area (Å²) in [6.45, 7) is 13.3. The lowest BCUT2D eigenvalue weighted by Gasteiger charge is -2.34. The first-order valence-electron chi connectivity index (χ1n) is 6.04. The molecule has 1 atom stereocenters. The Bertz CT molecular complexity index is 144. The van der Waals surface area contributed by atoms with Crippen LogP contribution in [0, 0.1) is 11.8 Å². The van der Waals surface area contributed by atoms with Crippen molar-refractivity contribution in [1.82, 2.24) is 0 Å². The smallest absolute Gasteiger partial charge is 0.191 e. The van der Waals surface area contributed by atoms with Gasteiger partial charge < -0.3 is 4.80 Å². The summed E-state index contributed by atoms with van der Waals surface area (Å²) < 4.78 is 0. The summed E-state index contributed by atoms with van der Waals surface area (Å²) in [4.78, 5) is 10.8. The van der Waals surface area contributed by atoms with Crippen LogP contribution in [0.4, 0.5) is 0 Å². The van der Waals surface area contributed by atoms with Crippen molar-refractivity contribution in [2.45, 2.75) is 65.6 Å². The number of hydrogen-bond acceptors (Lipinski definition) is 1. The minimum Gasteiger partial charge on any atom is -0.431 e. The van der Waals surface area contributed by atoms with Crippen LogP contribution in [0.3, 0.4) is 0 Å². The maximum Gasteiger partial charge on any atom is 0.191 e. The van der Waals surface area contributed by atoms with Crippen molar-refractivity contribution >= 4 is 8.32 Å². The van der Waals surface area contributed by atoms with Gasteiger partial charge in [-0.05, 0) is 29.5 Å². The zero-order valence-electron chi connectivity index (χ0n) is 10.8. The molecule has 86 valence electrons. The van der Waals surface area contributed by atoms with E-state index >= 15 is 0 Å². The fraction of sp³-hybridized carbons (Fsp3) is 1.00. The molecular formula is C12H28OSi. The zero-order valence-corrected chi connectivity index (χ0v) is 11.8. The van der Waals surface area contributed by atoms with Gasteiger partial charge in [0.2, 0.25) is 0 Å². The fourth-order valence-corrected chi connectivity index (χ4v) is 6.84. The van der Waals surface area contributed by atoms with Crippen molar-refractivity contribution in [2.75, 3.05) is 0 Å². The molecule has 0 saturated carbocycles. The average Bonchev–Trinajstić information content (AvgIpc) is 1.99. The van der Waals surface area contributed by atoms with Crippen LogP contribution < -0.4 is 0 Å². The van der Waals surface area contributed by atoms with Crippen LogP contribution in [0.5, 0.6) is 0 Å². The summed E-state index contributed by atoms with van der Waals surface area (Å²) in [6.07, 6.45) is 1.13. The highest BCUT2D eigenvalue weighted by molar-refractivity contribution is 6.74. The van der Waals surface area contributed by atoms with Crippen LogP contribution in [0.25, 0.3) is 0 Å². The largest absolute Gasteiger partial charge is 0.431 e. The van der Waals surface area contributed by atoms with Gasteiger partial charge in [0, 0.05) is 0 Å². The molecule has 0 amide bonds. The third-order valence-electron chi connectivity index (χ3n) is 3.05. The molecule has 0 aliphatic heterocycles. The molecule has 0 aromatic heterocycles. The molecule has 0 rings (SSSR count). The quantitative estimate of drug-likeness (QED) is 0.665. The highest BCUT2D eigenvalue weighted by atomic mass is 28.4. The van der Waals surface area contributed by atoms with Crippen LogP contribution in [-0.4, -0.2) is 13.1 Å². The molecule has 0 spiro atoms. The van der Waals surface area contributed by atoms with E-state index in [1.54, 1.807) is 0 Å². The molecule has 0 heterocycles. The number of hydrogen-bond donors (Lipinski definition) is 1. The van der Waals surface area contributed by atoms with Crippen molar-refractivity contribution in [3.05, 3.63) is 0 Å². The molecule has 1 nitrogen and oxygen atoms in total. The van der Waals surface area contributed by atoms with E-state index in [9.17, 15) is 4.80 Å². The zero-order chi connectivity index (χ0) is 11.4. The molecule has 0 fully saturated rings. The van der Waals surface area contributed by atoms with Gasteiger partial charge in [-0.3, -0.25) is 0 Å². The molecule has 0 aromatic carbocycles. The van der Waals surface area contributed by atoms with Crippen molar-refractivity contribution in [1.29, 1.82) is 0 Å². The molecule has 0 radical (unpaired) electrons. The SMILES string of the molecule is CCC(C)[Si](O)(CC(C)C)CC(C)C. The first-order chi connectivity index (χ1) is 6.31. The summed E-state index contributed by atoms with van der Waals surface area (Å²) in [5.41, 5.74) is 0.548. The van der Waals surface area contributed by atoms with Crippen molar-refractivity contribution in [3.63, 3.8) is 0 Å². The summed E-state index contributed by atoms with van der Waals surface area (Å²) in [7, 11) is -1.98. The number of rotatable bonds is 6. The first kappa shape index (κ1) is 14.2. The normalized spacial score (nSPS) is 15.2. The topological polar surface area (TPSA) is 20.2 Å². The molecule has 0 saturated heterocycles. The van der Waals surface area contributed by atoms with Gasteiger partial charge in [-0.2, -0.15) is 0 Å². The van der Waals surface area contributed by atoms with Crippen LogP contribution in [-0.2, 0) is 0 Å². The second kappa shape index (κ2) is 5.91. The standard InChI is InChI=1S/C12H28OSi/c1-7-12(6)14(13,8-10(2)3)9-11(4)5/h10-13H,7-9H2,1-6H3. The van der Waals surface area contributed by atoms with Gasteiger partial charge in [-0.25, -0.2) is 0 Å². The second-order valence-electron chi connectivity index (χ2n) is 5.61. The average molecular weight is 216 g/mol. The van der Waals surface area contributed by atoms with E-state index in [0.29, 0.717) is 17.4 Å². The van der Waals surface area contributed by atoms with E-state index in [4.69, 9.17) is 0 Å². The summed E-state index contributed by atoms with van der Waals surface area (Å²) in [6, 6.07) is 2.14. The predicted molar refractivity (Wildman–Crippen MR) is 67.0 cm³/mol. The molecule has 1 N–H and O–H groups in total. The van der Waals surface area contributed by atoms with Crippen LogP contribution in [0.1, 0.15) is 48.0 Å². The Hall–Kier alpha value is 0.177. The minimum atomic E-state index is -1.98. The maximum atomic E-state index is 10.8. The van der Waals surface area contributed by atoms with Crippen LogP contribution in [0.15, 0.2) is 0 Å². The molecule has 0 aliphatic carbocycles. The summed E-state index contributed by atoms with van der Waals surface area (Å²) in [5.74, 6) is 1.28. The Balaban J connectivity index is 4.48. The van der Waals surface area contributed by atoms with E-state index in [-0.39, 0.29) is 0 Å². The lowest BCUT2D eigenvalue weighted by atomic mass is 10.3. The van der Waals surface area contributed by atoms with Gasteiger partial charge >= 0.3 is 0 Å². The molecule has 0 aliphatic rings. The Morgan fingerprint density at radius 3 is 1.50 bits per heavy atom. The van der Waals surface area contributed by atoms with Gasteiger partial charge in [0.05, 0.1) is 0 Å². The third kappa shape index (κ3) is 4.60. The van der Waals surface area contributed by atoms with E-state index < -0.39 is 8.32 Å². The highest BCUT2D eigenvalue weighted by Gasteiger charge is 2.37. The first-order valence-corrected chi connectivity index (χ1v) is 8.48. The summed E-state index contributed by atoms with van der Waals surface area (Å²) in [5, 5.41) is 0.